The summed E-state index contributed by atoms with van der Waals surface area (Å²) in [5.41, 5.74) is -0.910. The average Bonchev–Trinajstić information content (AvgIpc) is 1.97. The van der Waals surface area contributed by atoms with Gasteiger partial charge in [-0.3, -0.25) is 9.59 Å². The number of nitrogens with one attached hydrogen (secondary N) is 1. The predicted octanol–water partition coefficient (Wildman–Crippen LogP) is 1.41. The van der Waals surface area contributed by atoms with Crippen molar-refractivity contribution in [1.82, 2.24) is 10.2 Å². The van der Waals surface area contributed by atoms with Crippen LogP contribution in [0.3, 0.4) is 0 Å². The van der Waals surface area contributed by atoms with Gasteiger partial charge in [0.15, 0.2) is 0 Å². The molecule has 2 amide bonds. The molecular formula is C12H24N2O2. The second kappa shape index (κ2) is 4.85. The molecule has 4 heteroatoms. The molecule has 16 heavy (non-hydrogen) atoms. The molecule has 1 N–H and O–H groups in total. The number of hydrogen-bond acceptors (Lipinski definition) is 2. The number of likely N-dealkylation sites (N-methyl/N-ethyl adjacent to an activating group) is 1. The highest BCUT2D eigenvalue weighted by Gasteiger charge is 2.31. The van der Waals surface area contributed by atoms with Crippen LogP contribution < -0.4 is 5.32 Å². The monoisotopic (exact) mass is 228 g/mol. The van der Waals surface area contributed by atoms with Crippen LogP contribution in [0.15, 0.2) is 0 Å². The molecule has 0 spiro atoms. The van der Waals surface area contributed by atoms with Gasteiger partial charge in [0.1, 0.15) is 5.54 Å². The van der Waals surface area contributed by atoms with Gasteiger partial charge < -0.3 is 10.2 Å². The number of hydrogen-bond donors (Lipinski definition) is 1. The molecule has 0 fully saturated rings. The molecule has 0 aromatic heterocycles. The molecule has 0 unspecified atom stereocenters. The lowest BCUT2D eigenvalue weighted by Gasteiger charge is -2.29. The smallest absolute Gasteiger partial charge is 0.247 e. The molecule has 0 heterocycles. The number of nitrogens with zero attached hydrogens (tertiary/aromatic N) is 1. The van der Waals surface area contributed by atoms with Crippen molar-refractivity contribution in [2.24, 2.45) is 5.41 Å². The third kappa shape index (κ3) is 5.14. The van der Waals surface area contributed by atoms with Crippen molar-refractivity contribution in [2.75, 3.05) is 14.1 Å². The minimum atomic E-state index is -0.841. The molecule has 0 atom stereocenters. The fraction of sp³-hybridized carbons (Fsp3) is 0.833. The molecule has 4 nitrogen and oxygen atoms in total. The lowest BCUT2D eigenvalue weighted by molar-refractivity contribution is -0.138. The lowest BCUT2D eigenvalue weighted by atomic mass is 9.91. The second-order valence-electron chi connectivity index (χ2n) is 6.11. The van der Waals surface area contributed by atoms with Gasteiger partial charge in [0.2, 0.25) is 11.8 Å². The zero-order valence-electron chi connectivity index (χ0n) is 11.5. The molecule has 0 rings (SSSR count). The van der Waals surface area contributed by atoms with Crippen molar-refractivity contribution < 1.29 is 9.59 Å². The third-order valence-corrected chi connectivity index (χ3v) is 2.08. The van der Waals surface area contributed by atoms with Gasteiger partial charge in [-0.05, 0) is 19.3 Å². The van der Waals surface area contributed by atoms with Gasteiger partial charge in [-0.1, -0.05) is 20.8 Å². The first-order chi connectivity index (χ1) is 6.96. The standard InChI is InChI=1S/C12H24N2O2/c1-11(2,3)8-9(15)13-12(4,5)10(16)14(6)7/h8H2,1-7H3,(H,13,15). The summed E-state index contributed by atoms with van der Waals surface area (Å²) in [5.74, 6) is -0.192. The topological polar surface area (TPSA) is 49.4 Å². The second-order valence-corrected chi connectivity index (χ2v) is 6.11. The van der Waals surface area contributed by atoms with Crippen LogP contribution in [0.1, 0.15) is 41.0 Å². The van der Waals surface area contributed by atoms with Gasteiger partial charge in [-0.25, -0.2) is 0 Å². The van der Waals surface area contributed by atoms with Crippen LogP contribution in [0.25, 0.3) is 0 Å². The van der Waals surface area contributed by atoms with Crippen molar-refractivity contribution >= 4 is 11.8 Å². The lowest BCUT2D eigenvalue weighted by Crippen LogP contribution is -2.54. The maximum Gasteiger partial charge on any atom is 0.247 e. The fourth-order valence-electron chi connectivity index (χ4n) is 1.49. The molecular weight excluding hydrogens is 204 g/mol. The Morgan fingerprint density at radius 2 is 1.50 bits per heavy atom. The van der Waals surface area contributed by atoms with E-state index in [1.165, 1.54) is 4.90 Å². The molecule has 0 aliphatic rings. The van der Waals surface area contributed by atoms with E-state index in [9.17, 15) is 9.59 Å². The van der Waals surface area contributed by atoms with E-state index < -0.39 is 5.54 Å². The highest BCUT2D eigenvalue weighted by Crippen LogP contribution is 2.19. The first kappa shape index (κ1) is 14.9. The maximum absolute atomic E-state index is 11.8. The van der Waals surface area contributed by atoms with E-state index in [2.05, 4.69) is 5.32 Å². The maximum atomic E-state index is 11.8. The number of amides is 2. The Balaban J connectivity index is 4.49. The molecule has 0 saturated carbocycles. The fourth-order valence-corrected chi connectivity index (χ4v) is 1.49. The minimum Gasteiger partial charge on any atom is -0.347 e. The number of rotatable bonds is 3. The molecule has 0 aromatic rings. The van der Waals surface area contributed by atoms with Gasteiger partial charge in [-0.2, -0.15) is 0 Å². The summed E-state index contributed by atoms with van der Waals surface area (Å²) in [6.07, 6.45) is 0.414. The number of carbonyl (C=O) groups is 2. The Kier molecular flexibility index (Phi) is 4.53. The van der Waals surface area contributed by atoms with E-state index in [4.69, 9.17) is 0 Å². The van der Waals surface area contributed by atoms with E-state index in [1.807, 2.05) is 20.8 Å². The third-order valence-electron chi connectivity index (χ3n) is 2.08. The van der Waals surface area contributed by atoms with Gasteiger partial charge >= 0.3 is 0 Å². The van der Waals surface area contributed by atoms with E-state index in [-0.39, 0.29) is 17.2 Å². The van der Waals surface area contributed by atoms with Gasteiger partial charge in [0, 0.05) is 20.5 Å². The van der Waals surface area contributed by atoms with Gasteiger partial charge in [-0.15, -0.1) is 0 Å². The summed E-state index contributed by atoms with van der Waals surface area (Å²) in [4.78, 5) is 25.0. The molecule has 0 saturated heterocycles. The SMILES string of the molecule is CN(C)C(=O)C(C)(C)NC(=O)CC(C)(C)C. The van der Waals surface area contributed by atoms with Crippen LogP contribution in [-0.2, 0) is 9.59 Å². The molecule has 94 valence electrons. The molecule has 0 aliphatic heterocycles. The molecule has 0 aromatic carbocycles. The van der Waals surface area contributed by atoms with Crippen molar-refractivity contribution in [3.63, 3.8) is 0 Å². The van der Waals surface area contributed by atoms with Crippen molar-refractivity contribution in [1.29, 1.82) is 0 Å². The minimum absolute atomic E-state index is 0.0681. The summed E-state index contributed by atoms with van der Waals surface area (Å²) in [7, 11) is 3.36. The van der Waals surface area contributed by atoms with Crippen LogP contribution in [0.4, 0.5) is 0 Å². The Labute approximate surface area is 98.4 Å². The summed E-state index contributed by atoms with van der Waals surface area (Å²) < 4.78 is 0. The van der Waals surface area contributed by atoms with Crippen molar-refractivity contribution in [3.05, 3.63) is 0 Å². The quantitative estimate of drug-likeness (QED) is 0.794. The van der Waals surface area contributed by atoms with Crippen LogP contribution in [0, 0.1) is 5.41 Å². The first-order valence-electron chi connectivity index (χ1n) is 5.48. The average molecular weight is 228 g/mol. The van der Waals surface area contributed by atoms with E-state index in [1.54, 1.807) is 27.9 Å². The highest BCUT2D eigenvalue weighted by molar-refractivity contribution is 5.90. The van der Waals surface area contributed by atoms with Crippen molar-refractivity contribution in [3.8, 4) is 0 Å². The van der Waals surface area contributed by atoms with E-state index >= 15 is 0 Å². The van der Waals surface area contributed by atoms with Crippen LogP contribution in [0.5, 0.6) is 0 Å². The molecule has 0 radical (unpaired) electrons. The van der Waals surface area contributed by atoms with Crippen LogP contribution >= 0.6 is 0 Å². The summed E-state index contributed by atoms with van der Waals surface area (Å²) >= 11 is 0. The highest BCUT2D eigenvalue weighted by atomic mass is 16.2. The molecule has 0 bridgehead atoms. The Hall–Kier alpha value is -1.06. The summed E-state index contributed by atoms with van der Waals surface area (Å²) in [6.45, 7) is 9.42. The van der Waals surface area contributed by atoms with Crippen LogP contribution in [-0.4, -0.2) is 36.3 Å². The Morgan fingerprint density at radius 3 is 1.81 bits per heavy atom. The first-order valence-corrected chi connectivity index (χ1v) is 5.48. The zero-order chi connectivity index (χ0) is 13.1. The zero-order valence-corrected chi connectivity index (χ0v) is 11.5. The normalized spacial score (nSPS) is 12.2. The van der Waals surface area contributed by atoms with E-state index in [0.717, 1.165) is 0 Å². The summed E-state index contributed by atoms with van der Waals surface area (Å²) in [6, 6.07) is 0. The largest absolute Gasteiger partial charge is 0.347 e. The van der Waals surface area contributed by atoms with Gasteiger partial charge in [0.25, 0.3) is 0 Å². The number of carbonyl (C=O) groups excluding carboxylic acids is 2. The van der Waals surface area contributed by atoms with Crippen molar-refractivity contribution in [2.45, 2.75) is 46.6 Å². The van der Waals surface area contributed by atoms with Crippen LogP contribution in [0.2, 0.25) is 0 Å². The Morgan fingerprint density at radius 1 is 1.06 bits per heavy atom. The molecule has 0 aliphatic carbocycles. The summed E-state index contributed by atoms with van der Waals surface area (Å²) in [5, 5.41) is 2.76. The van der Waals surface area contributed by atoms with Gasteiger partial charge in [0.05, 0.1) is 0 Å². The predicted molar refractivity (Wildman–Crippen MR) is 65.0 cm³/mol. The Bertz CT molecular complexity index is 275. The van der Waals surface area contributed by atoms with E-state index in [0.29, 0.717) is 6.42 Å².